The minimum absolute atomic E-state index is 0.0305. The molecular weight excluding hydrogens is 220 g/mol. The Kier molecular flexibility index (Phi) is 3.24. The van der Waals surface area contributed by atoms with Crippen LogP contribution in [-0.2, 0) is 9.53 Å². The summed E-state index contributed by atoms with van der Waals surface area (Å²) in [6, 6.07) is 6.31. The van der Waals surface area contributed by atoms with Gasteiger partial charge in [0.25, 0.3) is 0 Å². The van der Waals surface area contributed by atoms with Gasteiger partial charge in [0.1, 0.15) is 11.4 Å². The van der Waals surface area contributed by atoms with Gasteiger partial charge in [-0.05, 0) is 44.0 Å². The van der Waals surface area contributed by atoms with Gasteiger partial charge in [-0.25, -0.2) is 0 Å². The van der Waals surface area contributed by atoms with Gasteiger partial charge < -0.3 is 4.74 Å². The van der Waals surface area contributed by atoms with E-state index in [1.54, 1.807) is 11.8 Å². The second-order valence-electron chi connectivity index (χ2n) is 4.34. The number of thioether (sulfide) groups is 1. The normalized spacial score (nSPS) is 24.6. The van der Waals surface area contributed by atoms with Crippen molar-refractivity contribution in [1.82, 2.24) is 0 Å². The van der Waals surface area contributed by atoms with Gasteiger partial charge in [0, 0.05) is 11.3 Å². The van der Waals surface area contributed by atoms with Gasteiger partial charge in [0.05, 0.1) is 0 Å². The third-order valence-corrected chi connectivity index (χ3v) is 4.08. The molecule has 3 heteroatoms. The fourth-order valence-corrected chi connectivity index (χ4v) is 3.01. The first-order valence-electron chi connectivity index (χ1n) is 5.50. The monoisotopic (exact) mass is 236 g/mol. The molecule has 1 aromatic rings. The number of benzene rings is 1. The lowest BCUT2D eigenvalue weighted by atomic mass is 10.1. The fourth-order valence-electron chi connectivity index (χ4n) is 1.77. The van der Waals surface area contributed by atoms with E-state index in [9.17, 15) is 4.79 Å². The largest absolute Gasteiger partial charge is 0.462 e. The first-order valence-corrected chi connectivity index (χ1v) is 6.38. The third kappa shape index (κ3) is 2.40. The number of esters is 1. The van der Waals surface area contributed by atoms with Crippen molar-refractivity contribution in [3.05, 3.63) is 29.3 Å². The first kappa shape index (κ1) is 11.5. The molecule has 0 bridgehead atoms. The molecule has 0 aliphatic carbocycles. The zero-order chi connectivity index (χ0) is 11.7. The van der Waals surface area contributed by atoms with Crippen molar-refractivity contribution in [3.8, 4) is 0 Å². The van der Waals surface area contributed by atoms with Crippen molar-refractivity contribution in [2.24, 2.45) is 0 Å². The van der Waals surface area contributed by atoms with E-state index in [0.717, 1.165) is 11.3 Å². The summed E-state index contributed by atoms with van der Waals surface area (Å²) < 4.78 is 5.14. The van der Waals surface area contributed by atoms with E-state index in [0.29, 0.717) is 0 Å². The molecule has 1 aliphatic heterocycles. The number of hydrogen-bond donors (Lipinski definition) is 0. The summed E-state index contributed by atoms with van der Waals surface area (Å²) in [6.45, 7) is 6.13. The topological polar surface area (TPSA) is 26.3 Å². The van der Waals surface area contributed by atoms with Crippen molar-refractivity contribution >= 4 is 17.7 Å². The van der Waals surface area contributed by atoms with Crippen molar-refractivity contribution < 1.29 is 9.53 Å². The van der Waals surface area contributed by atoms with Crippen molar-refractivity contribution in [2.75, 3.05) is 0 Å². The summed E-state index contributed by atoms with van der Waals surface area (Å²) >= 11 is 1.61. The van der Waals surface area contributed by atoms with Crippen LogP contribution in [0.1, 0.15) is 24.5 Å². The van der Waals surface area contributed by atoms with E-state index >= 15 is 0 Å². The van der Waals surface area contributed by atoms with E-state index in [1.165, 1.54) is 11.1 Å². The Morgan fingerprint density at radius 3 is 2.62 bits per heavy atom. The molecular formula is C13H16O2S. The van der Waals surface area contributed by atoms with Crippen molar-refractivity contribution in [2.45, 2.75) is 43.4 Å². The number of ether oxygens (including phenoxy) is 1. The maximum absolute atomic E-state index is 11.5. The Labute approximate surface area is 100 Å². The van der Waals surface area contributed by atoms with Crippen LogP contribution in [0.15, 0.2) is 23.1 Å². The molecule has 0 N–H and O–H groups in total. The summed E-state index contributed by atoms with van der Waals surface area (Å²) in [7, 11) is 0. The van der Waals surface area contributed by atoms with Crippen LogP contribution in [0.2, 0.25) is 0 Å². The Hall–Kier alpha value is -0.960. The van der Waals surface area contributed by atoms with Crippen LogP contribution < -0.4 is 0 Å². The molecule has 1 aliphatic rings. The van der Waals surface area contributed by atoms with Crippen LogP contribution in [0.25, 0.3) is 0 Å². The van der Waals surface area contributed by atoms with Gasteiger partial charge >= 0.3 is 5.97 Å². The van der Waals surface area contributed by atoms with E-state index in [-0.39, 0.29) is 17.3 Å². The highest BCUT2D eigenvalue weighted by Crippen LogP contribution is 2.32. The molecule has 86 valence electrons. The maximum Gasteiger partial charge on any atom is 0.319 e. The lowest BCUT2D eigenvalue weighted by Gasteiger charge is -2.07. The second-order valence-corrected chi connectivity index (χ2v) is 5.61. The van der Waals surface area contributed by atoms with Crippen LogP contribution >= 0.6 is 11.8 Å². The highest BCUT2D eigenvalue weighted by molar-refractivity contribution is 8.00. The van der Waals surface area contributed by atoms with Gasteiger partial charge in [0.2, 0.25) is 0 Å². The lowest BCUT2D eigenvalue weighted by Crippen LogP contribution is -2.09. The smallest absolute Gasteiger partial charge is 0.319 e. The summed E-state index contributed by atoms with van der Waals surface area (Å²) in [6.07, 6.45) is 0.882. The van der Waals surface area contributed by atoms with Crippen LogP contribution in [0.4, 0.5) is 0 Å². The van der Waals surface area contributed by atoms with Crippen molar-refractivity contribution in [1.29, 1.82) is 0 Å². The number of hydrogen-bond acceptors (Lipinski definition) is 3. The average molecular weight is 236 g/mol. The van der Waals surface area contributed by atoms with Gasteiger partial charge in [-0.2, -0.15) is 0 Å². The summed E-state index contributed by atoms with van der Waals surface area (Å²) in [5.74, 6) is -0.0734. The van der Waals surface area contributed by atoms with Crippen LogP contribution in [-0.4, -0.2) is 17.3 Å². The molecule has 1 heterocycles. The van der Waals surface area contributed by atoms with E-state index < -0.39 is 0 Å². The molecule has 0 aromatic heterocycles. The number of rotatable bonds is 2. The molecule has 1 aromatic carbocycles. The molecule has 0 radical (unpaired) electrons. The maximum atomic E-state index is 11.5. The molecule has 2 atom stereocenters. The molecule has 2 rings (SSSR count). The van der Waals surface area contributed by atoms with Gasteiger partial charge in [-0.3, -0.25) is 4.79 Å². The Balaban J connectivity index is 2.09. The minimum Gasteiger partial charge on any atom is -0.462 e. The fraction of sp³-hybridized carbons (Fsp3) is 0.462. The zero-order valence-electron chi connectivity index (χ0n) is 9.82. The second kappa shape index (κ2) is 4.50. The quantitative estimate of drug-likeness (QED) is 0.738. The average Bonchev–Trinajstić information content (AvgIpc) is 2.51. The lowest BCUT2D eigenvalue weighted by molar-refractivity contribution is -0.140. The minimum atomic E-state index is -0.0734. The molecule has 0 spiro atoms. The molecule has 0 saturated carbocycles. The number of carbonyl (C=O) groups is 1. The Morgan fingerprint density at radius 1 is 1.31 bits per heavy atom. The number of aryl methyl sites for hydroxylation is 2. The van der Waals surface area contributed by atoms with E-state index in [4.69, 9.17) is 4.74 Å². The molecule has 2 nitrogen and oxygen atoms in total. The highest BCUT2D eigenvalue weighted by atomic mass is 32.2. The summed E-state index contributed by atoms with van der Waals surface area (Å²) in [4.78, 5) is 12.6. The highest BCUT2D eigenvalue weighted by Gasteiger charge is 2.32. The molecule has 1 fully saturated rings. The molecule has 1 saturated heterocycles. The zero-order valence-corrected chi connectivity index (χ0v) is 10.6. The first-order chi connectivity index (χ1) is 7.56. The standard InChI is InChI=1S/C13H16O2S/c1-8-4-5-11(6-9(8)2)16-12-7-10(3)15-13(12)14/h4-6,10,12H,7H2,1-3H3/t10-,12+/m0/s1. The predicted octanol–water partition coefficient (Wildman–Crippen LogP) is 3.10. The molecule has 0 unspecified atom stereocenters. The van der Waals surface area contributed by atoms with Crippen molar-refractivity contribution in [3.63, 3.8) is 0 Å². The number of cyclic esters (lactones) is 1. The van der Waals surface area contributed by atoms with E-state index in [2.05, 4.69) is 32.0 Å². The molecule has 16 heavy (non-hydrogen) atoms. The van der Waals surface area contributed by atoms with Gasteiger partial charge in [-0.1, -0.05) is 6.07 Å². The summed E-state index contributed by atoms with van der Waals surface area (Å²) in [5.41, 5.74) is 2.55. The van der Waals surface area contributed by atoms with Gasteiger partial charge in [0.15, 0.2) is 0 Å². The molecule has 0 amide bonds. The van der Waals surface area contributed by atoms with Gasteiger partial charge in [-0.15, -0.1) is 11.8 Å². The van der Waals surface area contributed by atoms with E-state index in [1.807, 2.05) is 6.92 Å². The Bertz CT molecular complexity index is 414. The SMILES string of the molecule is Cc1ccc(S[C@@H]2C[C@H](C)OC2=O)cc1C. The van der Waals surface area contributed by atoms with Crippen LogP contribution in [0.5, 0.6) is 0 Å². The Morgan fingerprint density at radius 2 is 2.06 bits per heavy atom. The van der Waals surface area contributed by atoms with Crippen LogP contribution in [0, 0.1) is 13.8 Å². The van der Waals surface area contributed by atoms with Crippen LogP contribution in [0.3, 0.4) is 0 Å². The summed E-state index contributed by atoms with van der Waals surface area (Å²) in [5, 5.41) is -0.0305. The third-order valence-electron chi connectivity index (χ3n) is 2.88. The number of carbonyl (C=O) groups excluding carboxylic acids is 1. The predicted molar refractivity (Wildman–Crippen MR) is 65.7 cm³/mol.